The van der Waals surface area contributed by atoms with Crippen molar-refractivity contribution in [3.05, 3.63) is 35.9 Å². The van der Waals surface area contributed by atoms with Crippen LogP contribution in [0.3, 0.4) is 0 Å². The second kappa shape index (κ2) is 4.05. The van der Waals surface area contributed by atoms with Crippen molar-refractivity contribution >= 4 is 22.4 Å². The summed E-state index contributed by atoms with van der Waals surface area (Å²) in [4.78, 5) is 0. The Morgan fingerprint density at radius 3 is 2.33 bits per heavy atom. The Morgan fingerprint density at radius 1 is 1.25 bits per heavy atom. The van der Waals surface area contributed by atoms with E-state index in [0.29, 0.717) is 5.32 Å². The third-order valence-electron chi connectivity index (χ3n) is 1.22. The summed E-state index contributed by atoms with van der Waals surface area (Å²) in [6, 6.07) is 9.23. The van der Waals surface area contributed by atoms with Crippen LogP contribution in [0.1, 0.15) is 5.56 Å². The predicted molar refractivity (Wildman–Crippen MR) is 47.4 cm³/mol. The molecule has 1 N–H and O–H groups in total. The summed E-state index contributed by atoms with van der Waals surface area (Å²) < 4.78 is 29.3. The zero-order valence-corrected chi connectivity index (χ0v) is 8.70. The van der Waals surface area contributed by atoms with Gasteiger partial charge >= 0.3 is 76.6 Å². The monoisotopic (exact) mass is 252 g/mol. The van der Waals surface area contributed by atoms with Gasteiger partial charge in [-0.2, -0.15) is 0 Å². The summed E-state index contributed by atoms with van der Waals surface area (Å²) >= 11 is -0.756. The van der Waals surface area contributed by atoms with Gasteiger partial charge in [0.25, 0.3) is 0 Å². The van der Waals surface area contributed by atoms with E-state index in [-0.39, 0.29) is 0 Å². The fourth-order valence-electron chi connectivity index (χ4n) is 0.717. The molecule has 0 unspecified atom stereocenters. The molecule has 0 amide bonds. The van der Waals surface area contributed by atoms with Crippen molar-refractivity contribution in [2.75, 3.05) is 0 Å². The molecule has 1 aromatic carbocycles. The molecule has 0 bridgehead atoms. The molecule has 0 saturated carbocycles. The van der Waals surface area contributed by atoms with Gasteiger partial charge in [-0.3, -0.25) is 0 Å². The van der Waals surface area contributed by atoms with Gasteiger partial charge in [-0.1, -0.05) is 0 Å². The first-order chi connectivity index (χ1) is 5.58. The van der Waals surface area contributed by atoms with Gasteiger partial charge in [0.15, 0.2) is 0 Å². The fraction of sp³-hybridized carbons (Fsp3) is 0.143. The summed E-state index contributed by atoms with van der Waals surface area (Å²) in [6.45, 7) is 0. The topological polar surface area (TPSA) is 54.4 Å². The number of hydrogen-bond donors (Lipinski definition) is 1. The van der Waals surface area contributed by atoms with Crippen LogP contribution in [0, 0.1) is 0 Å². The summed E-state index contributed by atoms with van der Waals surface area (Å²) in [5.41, 5.74) is 0.940. The van der Waals surface area contributed by atoms with Crippen molar-refractivity contribution < 1.29 is 13.0 Å². The maximum atomic E-state index is 10.4. The van der Waals surface area contributed by atoms with Crippen LogP contribution in [0.2, 0.25) is 0 Å². The average Bonchev–Trinajstić information content (AvgIpc) is 2.02. The normalized spacial score (nSPS) is 11.4. The van der Waals surface area contributed by atoms with Gasteiger partial charge in [-0.05, 0) is 0 Å². The van der Waals surface area contributed by atoms with Crippen molar-refractivity contribution in [3.63, 3.8) is 0 Å². The Balaban J connectivity index is 2.56. The van der Waals surface area contributed by atoms with Gasteiger partial charge in [-0.15, -0.1) is 0 Å². The molecule has 3 nitrogen and oxygen atoms in total. The van der Waals surface area contributed by atoms with Crippen LogP contribution in [0.15, 0.2) is 30.3 Å². The molecule has 0 atom stereocenters. The van der Waals surface area contributed by atoms with Gasteiger partial charge in [0, 0.05) is 0 Å². The number of rotatable bonds is 3. The first kappa shape index (κ1) is 9.74. The molecule has 0 aliphatic carbocycles. The molecule has 0 aromatic heterocycles. The Bertz CT molecular complexity index is 333. The van der Waals surface area contributed by atoms with E-state index in [1.807, 2.05) is 30.3 Å². The second-order valence-electron chi connectivity index (χ2n) is 2.18. The Kier molecular flexibility index (Phi) is 3.28. The Morgan fingerprint density at radius 2 is 1.83 bits per heavy atom. The molecular formula is C7H8O3SSe. The van der Waals surface area contributed by atoms with Crippen LogP contribution in [0.25, 0.3) is 0 Å². The molecule has 0 radical (unpaired) electrons. The van der Waals surface area contributed by atoms with Crippen LogP contribution in [-0.2, 0) is 13.9 Å². The minimum atomic E-state index is -3.76. The Labute approximate surface area is 76.8 Å². The molecule has 0 aliphatic heterocycles. The van der Waals surface area contributed by atoms with Gasteiger partial charge in [-0.25, -0.2) is 0 Å². The van der Waals surface area contributed by atoms with Crippen molar-refractivity contribution in [2.24, 2.45) is 0 Å². The van der Waals surface area contributed by atoms with Gasteiger partial charge in [0.1, 0.15) is 0 Å². The summed E-state index contributed by atoms with van der Waals surface area (Å²) in [6.07, 6.45) is 0. The molecule has 66 valence electrons. The molecule has 0 spiro atoms. The number of benzene rings is 1. The van der Waals surface area contributed by atoms with Crippen molar-refractivity contribution in [2.45, 2.75) is 5.32 Å². The molecule has 0 fully saturated rings. The van der Waals surface area contributed by atoms with E-state index in [9.17, 15) is 8.42 Å². The molecule has 0 aliphatic rings. The second-order valence-corrected chi connectivity index (χ2v) is 8.01. The van der Waals surface area contributed by atoms with Crippen molar-refractivity contribution in [1.82, 2.24) is 0 Å². The first-order valence-electron chi connectivity index (χ1n) is 3.24. The van der Waals surface area contributed by atoms with Crippen LogP contribution in [0.4, 0.5) is 0 Å². The zero-order valence-electron chi connectivity index (χ0n) is 6.17. The van der Waals surface area contributed by atoms with Crippen LogP contribution in [0.5, 0.6) is 0 Å². The minimum absolute atomic E-state index is 0.423. The van der Waals surface area contributed by atoms with E-state index >= 15 is 0 Å². The van der Waals surface area contributed by atoms with E-state index in [1.165, 1.54) is 0 Å². The maximum absolute atomic E-state index is 10.4. The van der Waals surface area contributed by atoms with Gasteiger partial charge in [0.05, 0.1) is 0 Å². The molecule has 12 heavy (non-hydrogen) atoms. The predicted octanol–water partition coefficient (Wildman–Crippen LogP) is 0.694. The average molecular weight is 251 g/mol. The number of hydrogen-bond acceptors (Lipinski definition) is 2. The van der Waals surface area contributed by atoms with Crippen LogP contribution >= 0.6 is 0 Å². The molecule has 0 saturated heterocycles. The molecule has 1 rings (SSSR count). The van der Waals surface area contributed by atoms with E-state index in [2.05, 4.69) is 0 Å². The molecule has 0 heterocycles. The van der Waals surface area contributed by atoms with E-state index in [4.69, 9.17) is 4.55 Å². The quantitative estimate of drug-likeness (QED) is 0.635. The summed E-state index contributed by atoms with van der Waals surface area (Å²) in [7, 11) is -3.76. The molecule has 1 aromatic rings. The van der Waals surface area contributed by atoms with Crippen molar-refractivity contribution in [3.8, 4) is 0 Å². The zero-order chi connectivity index (χ0) is 9.03. The van der Waals surface area contributed by atoms with E-state index < -0.39 is 22.4 Å². The first-order valence-corrected chi connectivity index (χ1v) is 7.91. The van der Waals surface area contributed by atoms with E-state index in [0.717, 1.165) is 5.56 Å². The van der Waals surface area contributed by atoms with Gasteiger partial charge < -0.3 is 0 Å². The molecular weight excluding hydrogens is 243 g/mol. The SMILES string of the molecule is O=S(=O)(O)[Se]Cc1ccccc1. The fourth-order valence-corrected chi connectivity index (χ4v) is 3.20. The standard InChI is InChI=1S/C7H8O3SSe/c8-11(9,10)12-6-7-4-2-1-3-5-7/h1-5H,6H2,(H,8,9,10). The molecule has 5 heteroatoms. The Hall–Kier alpha value is -0.351. The van der Waals surface area contributed by atoms with Gasteiger partial charge in [0.2, 0.25) is 0 Å². The van der Waals surface area contributed by atoms with Crippen molar-refractivity contribution in [1.29, 1.82) is 0 Å². The third-order valence-corrected chi connectivity index (χ3v) is 4.95. The third kappa shape index (κ3) is 3.87. The summed E-state index contributed by atoms with van der Waals surface area (Å²) in [5, 5.41) is 0.423. The van der Waals surface area contributed by atoms with E-state index in [1.54, 1.807) is 0 Å². The van der Waals surface area contributed by atoms with Crippen LogP contribution in [-0.4, -0.2) is 26.8 Å². The summed E-state index contributed by atoms with van der Waals surface area (Å²) in [5.74, 6) is 0. The van der Waals surface area contributed by atoms with Crippen LogP contribution < -0.4 is 0 Å².